The van der Waals surface area contributed by atoms with E-state index in [0.717, 1.165) is 29.8 Å². The van der Waals surface area contributed by atoms with Crippen LogP contribution in [-0.2, 0) is 22.6 Å². The third-order valence-corrected chi connectivity index (χ3v) is 6.72. The molecule has 3 heterocycles. The number of benzene rings is 2. The number of fused-ring (bicyclic) bond motifs is 1. The van der Waals surface area contributed by atoms with Gasteiger partial charge in [-0.25, -0.2) is 0 Å². The molecule has 33 heavy (non-hydrogen) atoms. The predicted octanol–water partition coefficient (Wildman–Crippen LogP) is 1.15. The molecule has 3 unspecified atom stereocenters. The molecule has 0 saturated carbocycles. The number of carbonyl (C=O) groups excluding carboxylic acids is 4. The average Bonchev–Trinajstić information content (AvgIpc) is 3.35. The Balaban J connectivity index is 1.26. The number of nitrogens with one attached hydrogen (secondary N) is 3. The van der Waals surface area contributed by atoms with Gasteiger partial charge in [-0.1, -0.05) is 36.4 Å². The minimum Gasteiger partial charge on any atom is -0.312 e. The average molecular weight is 447 g/mol. The summed E-state index contributed by atoms with van der Waals surface area (Å²) in [5.74, 6) is -1.93. The summed E-state index contributed by atoms with van der Waals surface area (Å²) in [4.78, 5) is 50.5. The van der Waals surface area contributed by atoms with Crippen molar-refractivity contribution in [2.24, 2.45) is 0 Å². The van der Waals surface area contributed by atoms with Crippen molar-refractivity contribution in [3.05, 3.63) is 70.8 Å². The molecule has 0 radical (unpaired) electrons. The van der Waals surface area contributed by atoms with Crippen molar-refractivity contribution in [3.8, 4) is 0 Å². The molecule has 2 aromatic rings. The monoisotopic (exact) mass is 446 g/mol. The number of rotatable bonds is 6. The third kappa shape index (κ3) is 4.19. The molecule has 3 aliphatic rings. The maximum atomic E-state index is 13.0. The molecule has 3 atom stereocenters. The lowest BCUT2D eigenvalue weighted by atomic mass is 10.00. The van der Waals surface area contributed by atoms with Gasteiger partial charge in [-0.15, -0.1) is 0 Å². The highest BCUT2D eigenvalue weighted by Gasteiger charge is 2.44. The predicted molar refractivity (Wildman–Crippen MR) is 120 cm³/mol. The Labute approximate surface area is 191 Å². The highest BCUT2D eigenvalue weighted by molar-refractivity contribution is 6.23. The second-order valence-electron chi connectivity index (χ2n) is 8.85. The summed E-state index contributed by atoms with van der Waals surface area (Å²) in [6.07, 6.45) is 2.22. The zero-order valence-corrected chi connectivity index (χ0v) is 18.2. The molecule has 4 amide bonds. The molecule has 2 aromatic carbocycles. The minimum atomic E-state index is -0.944. The first-order valence-electron chi connectivity index (χ1n) is 11.4. The van der Waals surface area contributed by atoms with Gasteiger partial charge in [-0.05, 0) is 49.1 Å². The SMILES string of the molecule is O=C1CCC(N2C(=O)c3ccc(CNC4CCNC4Cc4ccccc4)cc3C2=O)C(=O)N1. The Morgan fingerprint density at radius 3 is 2.48 bits per heavy atom. The number of piperidine rings is 1. The van der Waals surface area contributed by atoms with Crippen LogP contribution in [0.15, 0.2) is 48.5 Å². The first-order chi connectivity index (χ1) is 16.0. The maximum Gasteiger partial charge on any atom is 0.262 e. The van der Waals surface area contributed by atoms with Gasteiger partial charge in [0, 0.05) is 25.0 Å². The van der Waals surface area contributed by atoms with Gasteiger partial charge in [-0.3, -0.25) is 29.4 Å². The summed E-state index contributed by atoms with van der Waals surface area (Å²) in [6, 6.07) is 15.3. The zero-order chi connectivity index (χ0) is 22.9. The van der Waals surface area contributed by atoms with E-state index in [0.29, 0.717) is 29.8 Å². The van der Waals surface area contributed by atoms with Gasteiger partial charge < -0.3 is 10.6 Å². The summed E-state index contributed by atoms with van der Waals surface area (Å²) >= 11 is 0. The van der Waals surface area contributed by atoms with E-state index in [1.807, 2.05) is 24.3 Å². The molecule has 170 valence electrons. The highest BCUT2D eigenvalue weighted by Crippen LogP contribution is 2.28. The second kappa shape index (κ2) is 8.88. The van der Waals surface area contributed by atoms with E-state index in [-0.39, 0.29) is 18.7 Å². The van der Waals surface area contributed by atoms with Crippen molar-refractivity contribution < 1.29 is 19.2 Å². The number of amides is 4. The Hall–Kier alpha value is -3.36. The topological polar surface area (TPSA) is 108 Å². The van der Waals surface area contributed by atoms with E-state index < -0.39 is 23.8 Å². The van der Waals surface area contributed by atoms with Gasteiger partial charge in [0.1, 0.15) is 6.04 Å². The summed E-state index contributed by atoms with van der Waals surface area (Å²) in [7, 11) is 0. The van der Waals surface area contributed by atoms with Crippen LogP contribution in [0.25, 0.3) is 0 Å². The van der Waals surface area contributed by atoms with Crippen LogP contribution >= 0.6 is 0 Å². The molecule has 2 saturated heterocycles. The van der Waals surface area contributed by atoms with E-state index in [1.165, 1.54) is 5.56 Å². The molecule has 0 bridgehead atoms. The molecule has 0 aromatic heterocycles. The molecule has 3 aliphatic heterocycles. The first kappa shape index (κ1) is 21.5. The van der Waals surface area contributed by atoms with E-state index in [9.17, 15) is 19.2 Å². The van der Waals surface area contributed by atoms with Crippen LogP contribution in [0.5, 0.6) is 0 Å². The zero-order valence-electron chi connectivity index (χ0n) is 18.2. The fraction of sp³-hybridized carbons (Fsp3) is 0.360. The van der Waals surface area contributed by atoms with Gasteiger partial charge in [-0.2, -0.15) is 0 Å². The molecule has 0 spiro atoms. The Morgan fingerprint density at radius 2 is 1.70 bits per heavy atom. The number of hydrogen-bond donors (Lipinski definition) is 3. The smallest absolute Gasteiger partial charge is 0.262 e. The van der Waals surface area contributed by atoms with Crippen molar-refractivity contribution in [1.82, 2.24) is 20.9 Å². The van der Waals surface area contributed by atoms with Crippen LogP contribution in [0.4, 0.5) is 0 Å². The Bertz CT molecular complexity index is 1120. The largest absolute Gasteiger partial charge is 0.312 e. The Kier molecular flexibility index (Phi) is 5.78. The van der Waals surface area contributed by atoms with Crippen molar-refractivity contribution in [1.29, 1.82) is 0 Å². The van der Waals surface area contributed by atoms with Crippen LogP contribution < -0.4 is 16.0 Å². The lowest BCUT2D eigenvalue weighted by Gasteiger charge is -2.27. The minimum absolute atomic E-state index is 0.110. The number of imide groups is 2. The van der Waals surface area contributed by atoms with Gasteiger partial charge in [0.25, 0.3) is 11.8 Å². The molecule has 5 rings (SSSR count). The van der Waals surface area contributed by atoms with Crippen LogP contribution in [0, 0.1) is 0 Å². The quantitative estimate of drug-likeness (QED) is 0.575. The third-order valence-electron chi connectivity index (χ3n) is 6.72. The van der Waals surface area contributed by atoms with Crippen molar-refractivity contribution in [2.75, 3.05) is 6.54 Å². The molecule has 8 nitrogen and oxygen atoms in total. The summed E-state index contributed by atoms with van der Waals surface area (Å²) in [5, 5.41) is 9.38. The van der Waals surface area contributed by atoms with E-state index in [2.05, 4.69) is 28.1 Å². The summed E-state index contributed by atoms with van der Waals surface area (Å²) in [5.41, 5.74) is 2.82. The normalized spacial score (nSPS) is 24.8. The van der Waals surface area contributed by atoms with Crippen LogP contribution in [-0.4, -0.2) is 53.2 Å². The Morgan fingerprint density at radius 1 is 0.909 bits per heavy atom. The second-order valence-corrected chi connectivity index (χ2v) is 8.85. The lowest BCUT2D eigenvalue weighted by Crippen LogP contribution is -2.54. The molecule has 2 fully saturated rings. The van der Waals surface area contributed by atoms with E-state index in [4.69, 9.17) is 0 Å². The van der Waals surface area contributed by atoms with E-state index >= 15 is 0 Å². The number of nitrogens with zero attached hydrogens (tertiary/aromatic N) is 1. The number of carbonyl (C=O) groups is 4. The van der Waals surface area contributed by atoms with Crippen molar-refractivity contribution >= 4 is 23.6 Å². The van der Waals surface area contributed by atoms with Crippen molar-refractivity contribution in [2.45, 2.75) is 50.4 Å². The van der Waals surface area contributed by atoms with Crippen LogP contribution in [0.1, 0.15) is 51.1 Å². The lowest BCUT2D eigenvalue weighted by molar-refractivity contribution is -0.136. The summed E-state index contributed by atoms with van der Waals surface area (Å²) in [6.45, 7) is 1.53. The van der Waals surface area contributed by atoms with Gasteiger partial charge >= 0.3 is 0 Å². The fourth-order valence-electron chi connectivity index (χ4n) is 4.97. The number of hydrogen-bond acceptors (Lipinski definition) is 6. The fourth-order valence-corrected chi connectivity index (χ4v) is 4.97. The molecule has 0 aliphatic carbocycles. The summed E-state index contributed by atoms with van der Waals surface area (Å²) < 4.78 is 0. The maximum absolute atomic E-state index is 13.0. The standard InChI is InChI=1S/C25H26N4O4/c30-22-9-8-21(23(31)28-22)29-24(32)17-7-6-16(12-18(17)25(29)33)14-27-19-10-11-26-20(19)13-15-4-2-1-3-5-15/h1-7,12,19-21,26-27H,8-11,13-14H2,(H,28,30,31). The van der Waals surface area contributed by atoms with Gasteiger partial charge in [0.15, 0.2) is 0 Å². The van der Waals surface area contributed by atoms with Gasteiger partial charge in [0.05, 0.1) is 11.1 Å². The molecular weight excluding hydrogens is 420 g/mol. The molecule has 8 heteroatoms. The first-order valence-corrected chi connectivity index (χ1v) is 11.4. The van der Waals surface area contributed by atoms with Crippen LogP contribution in [0.2, 0.25) is 0 Å². The van der Waals surface area contributed by atoms with E-state index in [1.54, 1.807) is 12.1 Å². The van der Waals surface area contributed by atoms with Crippen LogP contribution in [0.3, 0.4) is 0 Å². The van der Waals surface area contributed by atoms with Gasteiger partial charge in [0.2, 0.25) is 11.8 Å². The molecular formula is C25H26N4O4. The highest BCUT2D eigenvalue weighted by atomic mass is 16.2. The molecule has 3 N–H and O–H groups in total. The van der Waals surface area contributed by atoms with Crippen molar-refractivity contribution in [3.63, 3.8) is 0 Å².